The molecule has 0 amide bonds. The zero-order valence-corrected chi connectivity index (χ0v) is 26.1. The Labute approximate surface area is 279 Å². The van der Waals surface area contributed by atoms with Crippen molar-refractivity contribution in [2.24, 2.45) is 0 Å². The largest absolute Gasteiger partial charge is 0.455 e. The molecule has 0 N–H and O–H groups in total. The SMILES string of the molecule is c1ccc(-c2nc(-n3c4ccc(-c5cccc6c5oc5ccccc56)cc4c4ccc5c6ccccc6oc5c43)nc3ccccc23)cc1. The molecule has 5 heteroatoms. The van der Waals surface area contributed by atoms with Crippen LogP contribution in [0.25, 0.3) is 105 Å². The topological polar surface area (TPSA) is 57.0 Å². The standard InChI is InChI=1S/C44H25N3O2/c1-2-11-26(12-3-1)40-34-15-4-7-18-36(34)45-44(46-40)47-37-24-21-27(28-16-10-17-32-29-13-5-8-19-38(29)48-42(28)32)25-35(37)31-22-23-33-30-14-6-9-20-39(30)49-43(33)41(31)47/h1-25H. The highest BCUT2D eigenvalue weighted by Gasteiger charge is 2.23. The second-order valence-corrected chi connectivity index (χ2v) is 12.5. The summed E-state index contributed by atoms with van der Waals surface area (Å²) < 4.78 is 15.3. The molecule has 0 aliphatic carbocycles. The third-order valence-electron chi connectivity index (χ3n) is 9.83. The highest BCUT2D eigenvalue weighted by Crippen LogP contribution is 2.43. The van der Waals surface area contributed by atoms with Crippen LogP contribution in [0.4, 0.5) is 0 Å². The molecule has 0 saturated heterocycles. The van der Waals surface area contributed by atoms with E-state index in [1.165, 1.54) is 0 Å². The number of furan rings is 2. The lowest BCUT2D eigenvalue weighted by atomic mass is 10.00. The van der Waals surface area contributed by atoms with Crippen molar-refractivity contribution in [3.63, 3.8) is 0 Å². The number of aromatic nitrogens is 3. The Kier molecular flexibility index (Phi) is 5.32. The zero-order chi connectivity index (χ0) is 32.1. The van der Waals surface area contributed by atoms with Crippen LogP contribution in [-0.4, -0.2) is 14.5 Å². The minimum Gasteiger partial charge on any atom is -0.455 e. The van der Waals surface area contributed by atoms with Gasteiger partial charge >= 0.3 is 0 Å². The minimum absolute atomic E-state index is 0.595. The fourth-order valence-corrected chi connectivity index (χ4v) is 7.61. The number of hydrogen-bond donors (Lipinski definition) is 0. The van der Waals surface area contributed by atoms with Crippen LogP contribution in [0, 0.1) is 0 Å². The summed E-state index contributed by atoms with van der Waals surface area (Å²) >= 11 is 0. The molecular formula is C44H25N3O2. The predicted molar refractivity (Wildman–Crippen MR) is 199 cm³/mol. The molecule has 49 heavy (non-hydrogen) atoms. The monoisotopic (exact) mass is 627 g/mol. The number of nitrogens with zero attached hydrogens (tertiary/aromatic N) is 3. The molecule has 11 rings (SSSR count). The van der Waals surface area contributed by atoms with E-state index in [1.54, 1.807) is 0 Å². The molecule has 0 unspecified atom stereocenters. The third kappa shape index (κ3) is 3.75. The van der Waals surface area contributed by atoms with Gasteiger partial charge in [-0.15, -0.1) is 0 Å². The summed E-state index contributed by atoms with van der Waals surface area (Å²) in [5.74, 6) is 0.595. The molecule has 5 nitrogen and oxygen atoms in total. The molecule has 0 saturated carbocycles. The fourth-order valence-electron chi connectivity index (χ4n) is 7.61. The van der Waals surface area contributed by atoms with Gasteiger partial charge in [-0.25, -0.2) is 9.97 Å². The number of fused-ring (bicyclic) bond motifs is 11. The first-order valence-corrected chi connectivity index (χ1v) is 16.4. The molecule has 0 bridgehead atoms. The summed E-state index contributed by atoms with van der Waals surface area (Å²) in [6, 6.07) is 52.4. The molecule has 0 aliphatic heterocycles. The maximum atomic E-state index is 6.67. The van der Waals surface area contributed by atoms with Crippen molar-refractivity contribution in [3.8, 4) is 28.3 Å². The van der Waals surface area contributed by atoms with Gasteiger partial charge in [0, 0.05) is 48.8 Å². The molecular weight excluding hydrogens is 603 g/mol. The molecule has 228 valence electrons. The van der Waals surface area contributed by atoms with Crippen molar-refractivity contribution in [2.75, 3.05) is 0 Å². The average Bonchev–Trinajstić information content (AvgIpc) is 3.84. The van der Waals surface area contributed by atoms with E-state index in [2.05, 4.69) is 102 Å². The van der Waals surface area contributed by atoms with Gasteiger partial charge in [0.2, 0.25) is 5.95 Å². The van der Waals surface area contributed by atoms with E-state index >= 15 is 0 Å². The summed E-state index contributed by atoms with van der Waals surface area (Å²) in [4.78, 5) is 10.5. The first-order chi connectivity index (χ1) is 24.3. The fraction of sp³-hybridized carbons (Fsp3) is 0. The smallest absolute Gasteiger partial charge is 0.235 e. The molecule has 4 aromatic heterocycles. The van der Waals surface area contributed by atoms with E-state index in [-0.39, 0.29) is 0 Å². The van der Waals surface area contributed by atoms with Crippen molar-refractivity contribution in [1.29, 1.82) is 0 Å². The Morgan fingerprint density at radius 1 is 0.429 bits per heavy atom. The van der Waals surface area contributed by atoms with Gasteiger partial charge in [-0.2, -0.15) is 0 Å². The van der Waals surface area contributed by atoms with Crippen LogP contribution in [0.3, 0.4) is 0 Å². The molecule has 0 spiro atoms. The van der Waals surface area contributed by atoms with Crippen LogP contribution in [0.5, 0.6) is 0 Å². The second kappa shape index (κ2) is 9.89. The lowest BCUT2D eigenvalue weighted by Gasteiger charge is -2.12. The number of benzene rings is 7. The highest BCUT2D eigenvalue weighted by molar-refractivity contribution is 6.22. The zero-order valence-electron chi connectivity index (χ0n) is 26.1. The number of hydrogen-bond acceptors (Lipinski definition) is 4. The summed E-state index contributed by atoms with van der Waals surface area (Å²) in [7, 11) is 0. The molecule has 0 fully saturated rings. The Balaban J connectivity index is 1.26. The summed E-state index contributed by atoms with van der Waals surface area (Å²) in [6.07, 6.45) is 0. The summed E-state index contributed by atoms with van der Waals surface area (Å²) in [5.41, 5.74) is 10.3. The van der Waals surface area contributed by atoms with Crippen molar-refractivity contribution in [3.05, 3.63) is 152 Å². The molecule has 4 heterocycles. The average molecular weight is 628 g/mol. The van der Waals surface area contributed by atoms with E-state index in [9.17, 15) is 0 Å². The first kappa shape index (κ1) is 26.4. The Hall–Kier alpha value is -6.72. The Morgan fingerprint density at radius 3 is 1.90 bits per heavy atom. The van der Waals surface area contributed by atoms with Crippen LogP contribution >= 0.6 is 0 Å². The van der Waals surface area contributed by atoms with Gasteiger partial charge in [-0.1, -0.05) is 115 Å². The number of para-hydroxylation sites is 4. The molecule has 0 radical (unpaired) electrons. The van der Waals surface area contributed by atoms with Gasteiger partial charge in [0.05, 0.1) is 16.7 Å². The van der Waals surface area contributed by atoms with Crippen LogP contribution in [-0.2, 0) is 0 Å². The minimum atomic E-state index is 0.595. The van der Waals surface area contributed by atoms with Crippen molar-refractivity contribution >= 4 is 76.6 Å². The summed E-state index contributed by atoms with van der Waals surface area (Å²) in [5, 5.41) is 7.53. The Bertz CT molecular complexity index is 3110. The van der Waals surface area contributed by atoms with Crippen molar-refractivity contribution < 1.29 is 8.83 Å². The predicted octanol–water partition coefficient (Wildman–Crippen LogP) is 11.9. The van der Waals surface area contributed by atoms with Gasteiger partial charge in [0.25, 0.3) is 0 Å². The lowest BCUT2D eigenvalue weighted by Crippen LogP contribution is -2.03. The molecule has 11 aromatic rings. The number of rotatable bonds is 3. The molecule has 0 atom stereocenters. The maximum absolute atomic E-state index is 6.67. The van der Waals surface area contributed by atoms with Crippen molar-refractivity contribution in [2.45, 2.75) is 0 Å². The quantitative estimate of drug-likeness (QED) is 0.196. The van der Waals surface area contributed by atoms with Crippen LogP contribution in [0.1, 0.15) is 0 Å². The molecule has 0 aliphatic rings. The van der Waals surface area contributed by atoms with Gasteiger partial charge in [0.15, 0.2) is 5.58 Å². The molecule has 7 aromatic carbocycles. The highest BCUT2D eigenvalue weighted by atomic mass is 16.3. The first-order valence-electron chi connectivity index (χ1n) is 16.4. The Morgan fingerprint density at radius 2 is 1.08 bits per heavy atom. The normalized spacial score (nSPS) is 12.1. The van der Waals surface area contributed by atoms with Crippen LogP contribution in [0.15, 0.2) is 160 Å². The van der Waals surface area contributed by atoms with Gasteiger partial charge < -0.3 is 8.83 Å². The van der Waals surface area contributed by atoms with Crippen LogP contribution < -0.4 is 0 Å². The second-order valence-electron chi connectivity index (χ2n) is 12.5. The van der Waals surface area contributed by atoms with Crippen LogP contribution in [0.2, 0.25) is 0 Å². The van der Waals surface area contributed by atoms with E-state index in [1.807, 2.05) is 54.6 Å². The summed E-state index contributed by atoms with van der Waals surface area (Å²) in [6.45, 7) is 0. The van der Waals surface area contributed by atoms with E-state index in [0.29, 0.717) is 5.95 Å². The van der Waals surface area contributed by atoms with Crippen molar-refractivity contribution in [1.82, 2.24) is 14.5 Å². The van der Waals surface area contributed by atoms with Gasteiger partial charge in [-0.05, 0) is 42.0 Å². The lowest BCUT2D eigenvalue weighted by molar-refractivity contribution is 0.670. The van der Waals surface area contributed by atoms with E-state index in [4.69, 9.17) is 18.8 Å². The third-order valence-corrected chi connectivity index (χ3v) is 9.83. The van der Waals surface area contributed by atoms with Gasteiger partial charge in [-0.3, -0.25) is 4.57 Å². The van der Waals surface area contributed by atoms with Gasteiger partial charge in [0.1, 0.15) is 22.3 Å². The van der Waals surface area contributed by atoms with E-state index in [0.717, 1.165) is 99.0 Å². The van der Waals surface area contributed by atoms with E-state index < -0.39 is 0 Å². The maximum Gasteiger partial charge on any atom is 0.235 e.